The van der Waals surface area contributed by atoms with Crippen molar-refractivity contribution in [3.63, 3.8) is 0 Å². The number of aromatic nitrogens is 2. The molecule has 1 amide bonds. The van der Waals surface area contributed by atoms with Crippen LogP contribution in [0.5, 0.6) is 0 Å². The molecule has 0 unspecified atom stereocenters. The molecule has 1 fully saturated rings. The van der Waals surface area contributed by atoms with Gasteiger partial charge in [-0.1, -0.05) is 0 Å². The van der Waals surface area contributed by atoms with Crippen molar-refractivity contribution in [2.75, 3.05) is 24.6 Å². The second kappa shape index (κ2) is 7.37. The Kier molecular flexibility index (Phi) is 5.22. The second-order valence-corrected chi connectivity index (χ2v) is 8.47. The molecule has 0 saturated carbocycles. The average Bonchev–Trinajstić information content (AvgIpc) is 3.12. The molecule has 128 valence electrons. The number of hydrogen-bond donors (Lipinski definition) is 2. The molecule has 1 aliphatic heterocycles. The maximum atomic E-state index is 12.6. The van der Waals surface area contributed by atoms with Crippen molar-refractivity contribution in [2.24, 2.45) is 0 Å². The van der Waals surface area contributed by atoms with Gasteiger partial charge in [-0.15, -0.1) is 0 Å². The van der Waals surface area contributed by atoms with Gasteiger partial charge in [-0.05, 0) is 23.8 Å². The van der Waals surface area contributed by atoms with Gasteiger partial charge in [0.15, 0.2) is 0 Å². The Morgan fingerprint density at radius 3 is 2.71 bits per heavy atom. The zero-order chi connectivity index (χ0) is 17.0. The monoisotopic (exact) mass is 366 g/mol. The number of pyridine rings is 1. The number of amides is 1. The Hall–Kier alpha value is -1.84. The van der Waals surface area contributed by atoms with Crippen LogP contribution >= 0.6 is 11.8 Å². The number of carbonyl (C=O) groups excluding carboxylic acids is 1. The first-order valence-electron chi connectivity index (χ1n) is 7.51. The van der Waals surface area contributed by atoms with Crippen molar-refractivity contribution in [1.82, 2.24) is 19.6 Å². The van der Waals surface area contributed by atoms with Gasteiger partial charge in [-0.25, -0.2) is 8.42 Å². The average molecular weight is 366 g/mol. The van der Waals surface area contributed by atoms with E-state index in [0.717, 1.165) is 17.1 Å². The summed E-state index contributed by atoms with van der Waals surface area (Å²) in [6.45, 7) is 1.36. The number of nitrogens with zero attached hydrogens (tertiary/aromatic N) is 2. The zero-order valence-electron chi connectivity index (χ0n) is 12.9. The van der Waals surface area contributed by atoms with E-state index in [1.54, 1.807) is 36.3 Å². The molecule has 3 heterocycles. The van der Waals surface area contributed by atoms with Gasteiger partial charge in [0.1, 0.15) is 10.6 Å². The molecule has 0 bridgehead atoms. The Morgan fingerprint density at radius 1 is 1.29 bits per heavy atom. The molecule has 2 aromatic rings. The number of nitrogens with one attached hydrogen (secondary N) is 2. The van der Waals surface area contributed by atoms with E-state index in [2.05, 4.69) is 15.3 Å². The molecule has 0 aromatic carbocycles. The lowest BCUT2D eigenvalue weighted by atomic mass is 10.2. The predicted octanol–water partition coefficient (Wildman–Crippen LogP) is 1.08. The summed E-state index contributed by atoms with van der Waals surface area (Å²) in [5.41, 5.74) is 1.15. The van der Waals surface area contributed by atoms with Crippen LogP contribution < -0.4 is 5.32 Å². The smallest absolute Gasteiger partial charge is 0.268 e. The van der Waals surface area contributed by atoms with Gasteiger partial charge in [0.05, 0.1) is 0 Å². The SMILES string of the molecule is O=C(NCc1ccncc1)c1cc(S(=O)(=O)N2CCSCC2)c[nH]1. The number of aromatic amines is 1. The van der Waals surface area contributed by atoms with Crippen LogP contribution in [-0.2, 0) is 16.6 Å². The fourth-order valence-corrected chi connectivity index (χ4v) is 4.94. The van der Waals surface area contributed by atoms with E-state index in [-0.39, 0.29) is 16.5 Å². The van der Waals surface area contributed by atoms with Crippen LogP contribution in [0, 0.1) is 0 Å². The highest BCUT2D eigenvalue weighted by atomic mass is 32.2. The number of rotatable bonds is 5. The number of thioether (sulfide) groups is 1. The second-order valence-electron chi connectivity index (χ2n) is 5.30. The summed E-state index contributed by atoms with van der Waals surface area (Å²) in [5.74, 6) is 1.24. The van der Waals surface area contributed by atoms with Crippen LogP contribution in [0.1, 0.15) is 16.1 Å². The number of H-pyrrole nitrogens is 1. The maximum Gasteiger partial charge on any atom is 0.268 e. The Bertz CT molecular complexity index is 799. The van der Waals surface area contributed by atoms with Crippen molar-refractivity contribution >= 4 is 27.7 Å². The summed E-state index contributed by atoms with van der Waals surface area (Å²) in [6.07, 6.45) is 4.67. The predicted molar refractivity (Wildman–Crippen MR) is 92.3 cm³/mol. The van der Waals surface area contributed by atoms with Crippen LogP contribution in [0.4, 0.5) is 0 Å². The molecule has 2 aromatic heterocycles. The van der Waals surface area contributed by atoms with Crippen LogP contribution in [0.3, 0.4) is 0 Å². The van der Waals surface area contributed by atoms with Crippen molar-refractivity contribution in [2.45, 2.75) is 11.4 Å². The molecule has 0 aliphatic carbocycles. The first-order chi connectivity index (χ1) is 11.6. The number of carbonyl (C=O) groups is 1. The molecular formula is C15H18N4O3S2. The summed E-state index contributed by atoms with van der Waals surface area (Å²) in [6, 6.07) is 5.00. The van der Waals surface area contributed by atoms with E-state index in [1.807, 2.05) is 0 Å². The molecule has 24 heavy (non-hydrogen) atoms. The summed E-state index contributed by atoms with van der Waals surface area (Å²) in [4.78, 5) is 19.0. The third-order valence-electron chi connectivity index (χ3n) is 3.71. The summed E-state index contributed by atoms with van der Waals surface area (Å²) < 4.78 is 26.6. The van der Waals surface area contributed by atoms with Gasteiger partial charge >= 0.3 is 0 Å². The van der Waals surface area contributed by atoms with Crippen molar-refractivity contribution in [3.05, 3.63) is 48.0 Å². The molecule has 0 atom stereocenters. The molecule has 0 radical (unpaired) electrons. The third-order valence-corrected chi connectivity index (χ3v) is 6.53. The fourth-order valence-electron chi connectivity index (χ4n) is 2.37. The molecule has 9 heteroatoms. The van der Waals surface area contributed by atoms with Gasteiger partial charge in [0.2, 0.25) is 10.0 Å². The quantitative estimate of drug-likeness (QED) is 0.826. The van der Waals surface area contributed by atoms with Crippen molar-refractivity contribution in [3.8, 4) is 0 Å². The molecule has 1 saturated heterocycles. The normalized spacial score (nSPS) is 16.0. The van der Waals surface area contributed by atoms with Gasteiger partial charge < -0.3 is 10.3 Å². The van der Waals surface area contributed by atoms with E-state index in [9.17, 15) is 13.2 Å². The lowest BCUT2D eigenvalue weighted by Gasteiger charge is -2.24. The first kappa shape index (κ1) is 17.0. The summed E-state index contributed by atoms with van der Waals surface area (Å²) >= 11 is 1.74. The van der Waals surface area contributed by atoms with Crippen molar-refractivity contribution < 1.29 is 13.2 Å². The minimum atomic E-state index is -3.54. The highest BCUT2D eigenvalue weighted by Gasteiger charge is 2.27. The maximum absolute atomic E-state index is 12.6. The van der Waals surface area contributed by atoms with Crippen LogP contribution in [0.25, 0.3) is 0 Å². The molecule has 7 nitrogen and oxygen atoms in total. The third kappa shape index (κ3) is 3.80. The van der Waals surface area contributed by atoms with Crippen LogP contribution in [0.2, 0.25) is 0 Å². The van der Waals surface area contributed by atoms with Gasteiger partial charge in [0.25, 0.3) is 5.91 Å². The van der Waals surface area contributed by atoms with Crippen LogP contribution in [-0.4, -0.2) is 53.2 Å². The zero-order valence-corrected chi connectivity index (χ0v) is 14.6. The molecule has 0 spiro atoms. The fraction of sp³-hybridized carbons (Fsp3) is 0.333. The Labute approximate surface area is 144 Å². The van der Waals surface area contributed by atoms with E-state index < -0.39 is 10.0 Å². The van der Waals surface area contributed by atoms with E-state index in [4.69, 9.17) is 0 Å². The summed E-state index contributed by atoms with van der Waals surface area (Å²) in [5, 5.41) is 2.75. The number of sulfonamides is 1. The Balaban J connectivity index is 1.67. The first-order valence-corrected chi connectivity index (χ1v) is 10.1. The van der Waals surface area contributed by atoms with Crippen molar-refractivity contribution in [1.29, 1.82) is 0 Å². The van der Waals surface area contributed by atoms with Gasteiger partial charge in [-0.2, -0.15) is 16.1 Å². The molecular weight excluding hydrogens is 348 g/mol. The van der Waals surface area contributed by atoms with Gasteiger partial charge in [0, 0.05) is 49.7 Å². The lowest BCUT2D eigenvalue weighted by molar-refractivity contribution is 0.0946. The topological polar surface area (TPSA) is 95.2 Å². The lowest BCUT2D eigenvalue weighted by Crippen LogP contribution is -2.37. The van der Waals surface area contributed by atoms with E-state index >= 15 is 0 Å². The molecule has 3 rings (SSSR count). The highest BCUT2D eigenvalue weighted by molar-refractivity contribution is 7.99. The Morgan fingerprint density at radius 2 is 2.00 bits per heavy atom. The van der Waals surface area contributed by atoms with E-state index in [0.29, 0.717) is 19.6 Å². The summed E-state index contributed by atoms with van der Waals surface area (Å²) in [7, 11) is -3.54. The molecule has 2 N–H and O–H groups in total. The standard InChI is InChI=1S/C15H18N4O3S2/c20-15(18-10-12-1-3-16-4-2-12)14-9-13(11-17-14)24(21,22)19-5-7-23-8-6-19/h1-4,9,11,17H,5-8,10H2,(H,18,20). The minimum absolute atomic E-state index is 0.128. The number of hydrogen-bond acceptors (Lipinski definition) is 5. The largest absolute Gasteiger partial charge is 0.356 e. The van der Waals surface area contributed by atoms with E-state index in [1.165, 1.54) is 16.6 Å². The van der Waals surface area contributed by atoms with Gasteiger partial charge in [-0.3, -0.25) is 9.78 Å². The molecule has 1 aliphatic rings. The minimum Gasteiger partial charge on any atom is -0.356 e. The highest BCUT2D eigenvalue weighted by Crippen LogP contribution is 2.20. The van der Waals surface area contributed by atoms with Crippen LogP contribution in [0.15, 0.2) is 41.7 Å².